The van der Waals surface area contributed by atoms with Crippen LogP contribution in [0.15, 0.2) is 40.4 Å². The second-order valence-electron chi connectivity index (χ2n) is 5.29. The van der Waals surface area contributed by atoms with Crippen molar-refractivity contribution in [3.63, 3.8) is 0 Å². The van der Waals surface area contributed by atoms with Crippen molar-refractivity contribution in [2.24, 2.45) is 0 Å². The number of anilines is 1. The van der Waals surface area contributed by atoms with Gasteiger partial charge in [0, 0.05) is 28.9 Å². The summed E-state index contributed by atoms with van der Waals surface area (Å²) >= 11 is 7.19. The molecular formula is C15H11ClN6O3S. The van der Waals surface area contributed by atoms with Crippen LogP contribution < -0.4 is 5.32 Å². The molecule has 11 heteroatoms. The van der Waals surface area contributed by atoms with Crippen molar-refractivity contribution in [3.8, 4) is 11.4 Å². The number of nitrogens with one attached hydrogen (secondary N) is 1. The highest BCUT2D eigenvalue weighted by Crippen LogP contribution is 2.28. The maximum atomic E-state index is 11.3. The zero-order valence-corrected chi connectivity index (χ0v) is 14.7. The number of halogens is 1. The second kappa shape index (κ2) is 6.73. The molecule has 0 amide bonds. The lowest BCUT2D eigenvalue weighted by atomic mass is 10.2. The van der Waals surface area contributed by atoms with Crippen LogP contribution in [-0.2, 0) is 6.42 Å². The molecule has 0 saturated heterocycles. The van der Waals surface area contributed by atoms with Crippen molar-refractivity contribution in [3.05, 3.63) is 56.9 Å². The predicted octanol–water partition coefficient (Wildman–Crippen LogP) is 3.66. The molecular weight excluding hydrogens is 380 g/mol. The average molecular weight is 391 g/mol. The fourth-order valence-corrected chi connectivity index (χ4v) is 3.26. The van der Waals surface area contributed by atoms with Crippen molar-refractivity contribution in [1.29, 1.82) is 0 Å². The lowest BCUT2D eigenvalue weighted by Gasteiger charge is -2.00. The van der Waals surface area contributed by atoms with Gasteiger partial charge in [-0.3, -0.25) is 0 Å². The van der Waals surface area contributed by atoms with Gasteiger partial charge in [-0.15, -0.1) is 0 Å². The van der Waals surface area contributed by atoms with Crippen molar-refractivity contribution >= 4 is 39.5 Å². The molecule has 0 fully saturated rings. The Bertz CT molecular complexity index is 1070. The number of benzene rings is 1. The van der Waals surface area contributed by atoms with Gasteiger partial charge in [-0.05, 0) is 29.2 Å². The molecule has 3 aromatic heterocycles. The van der Waals surface area contributed by atoms with Crippen molar-refractivity contribution in [2.45, 2.75) is 6.42 Å². The molecule has 0 atom stereocenters. The van der Waals surface area contributed by atoms with Crippen LogP contribution in [0.2, 0.25) is 5.02 Å². The molecule has 1 N–H and O–H groups in total. The van der Waals surface area contributed by atoms with Crippen molar-refractivity contribution in [1.82, 2.24) is 19.5 Å². The van der Waals surface area contributed by atoms with Gasteiger partial charge in [0.1, 0.15) is 6.20 Å². The summed E-state index contributed by atoms with van der Waals surface area (Å²) in [6, 6.07) is 7.10. The van der Waals surface area contributed by atoms with Gasteiger partial charge in [-0.2, -0.15) is 14.4 Å². The van der Waals surface area contributed by atoms with E-state index in [0.29, 0.717) is 34.7 Å². The third-order valence-electron chi connectivity index (χ3n) is 3.61. The van der Waals surface area contributed by atoms with E-state index in [2.05, 4.69) is 20.4 Å². The molecule has 0 radical (unpaired) electrons. The van der Waals surface area contributed by atoms with E-state index < -0.39 is 4.92 Å². The topological polar surface area (TPSA) is 111 Å². The molecule has 0 aliphatic heterocycles. The molecule has 0 unspecified atom stereocenters. The first-order chi connectivity index (χ1) is 12.6. The molecule has 4 aromatic rings. The van der Waals surface area contributed by atoms with Crippen LogP contribution in [0, 0.1) is 10.1 Å². The molecule has 0 spiro atoms. The highest BCUT2D eigenvalue weighted by atomic mass is 35.5. The number of thiazole rings is 1. The number of nitrogens with zero attached hydrogens (tertiary/aromatic N) is 5. The summed E-state index contributed by atoms with van der Waals surface area (Å²) in [4.78, 5) is 19.9. The Morgan fingerprint density at radius 2 is 2.12 bits per heavy atom. The monoisotopic (exact) mass is 390 g/mol. The van der Waals surface area contributed by atoms with E-state index in [9.17, 15) is 10.1 Å². The van der Waals surface area contributed by atoms with Crippen LogP contribution in [0.3, 0.4) is 0 Å². The van der Waals surface area contributed by atoms with Gasteiger partial charge in [0.15, 0.2) is 0 Å². The van der Waals surface area contributed by atoms with E-state index in [1.807, 2.05) is 0 Å². The molecule has 0 saturated carbocycles. The van der Waals surface area contributed by atoms with Crippen molar-refractivity contribution < 1.29 is 9.45 Å². The average Bonchev–Trinajstić information content (AvgIpc) is 3.31. The third kappa shape index (κ3) is 3.11. The summed E-state index contributed by atoms with van der Waals surface area (Å²) < 4.78 is 6.66. The Hall–Kier alpha value is -2.98. The number of rotatable bonds is 6. The summed E-state index contributed by atoms with van der Waals surface area (Å²) in [7, 11) is 0. The summed E-state index contributed by atoms with van der Waals surface area (Å²) in [5.74, 6) is 1.02. The second-order valence-corrected chi connectivity index (χ2v) is 6.60. The SMILES string of the molecule is O=[N+]([O-])c1c(NCCc2nc(-c3ccc(Cl)cc3)no2)nc2sccn12. The van der Waals surface area contributed by atoms with Crippen LogP contribution >= 0.6 is 22.9 Å². The molecule has 0 aliphatic rings. The van der Waals surface area contributed by atoms with Crippen LogP contribution in [0.4, 0.5) is 11.6 Å². The molecule has 9 nitrogen and oxygen atoms in total. The minimum atomic E-state index is -0.458. The number of aromatic nitrogens is 4. The minimum Gasteiger partial charge on any atom is -0.362 e. The predicted molar refractivity (Wildman–Crippen MR) is 96.7 cm³/mol. The summed E-state index contributed by atoms with van der Waals surface area (Å²) in [6.07, 6.45) is 2.02. The summed E-state index contributed by atoms with van der Waals surface area (Å²) in [6.45, 7) is 0.369. The highest BCUT2D eigenvalue weighted by Gasteiger charge is 2.23. The number of imidazole rings is 1. The van der Waals surface area contributed by atoms with Crippen molar-refractivity contribution in [2.75, 3.05) is 11.9 Å². The first kappa shape index (κ1) is 16.5. The summed E-state index contributed by atoms with van der Waals surface area (Å²) in [5.41, 5.74) is 0.794. The van der Waals surface area contributed by atoms with Gasteiger partial charge in [0.25, 0.3) is 4.96 Å². The van der Waals surface area contributed by atoms with Gasteiger partial charge in [0.2, 0.25) is 17.5 Å². The molecule has 4 rings (SSSR count). The molecule has 3 heterocycles. The number of hydrogen-bond donors (Lipinski definition) is 1. The molecule has 26 heavy (non-hydrogen) atoms. The van der Waals surface area contributed by atoms with E-state index in [1.165, 1.54) is 15.7 Å². The Kier molecular flexibility index (Phi) is 4.27. The molecule has 1 aromatic carbocycles. The normalized spacial score (nSPS) is 11.1. The molecule has 0 aliphatic carbocycles. The zero-order chi connectivity index (χ0) is 18.1. The Morgan fingerprint density at radius 1 is 1.31 bits per heavy atom. The lowest BCUT2D eigenvalue weighted by molar-refractivity contribution is -0.389. The summed E-state index contributed by atoms with van der Waals surface area (Å²) in [5, 5.41) is 20.5. The van der Waals surface area contributed by atoms with E-state index in [1.54, 1.807) is 35.8 Å². The number of nitro groups is 1. The van der Waals surface area contributed by atoms with E-state index in [0.717, 1.165) is 5.56 Å². The Morgan fingerprint density at radius 3 is 2.88 bits per heavy atom. The maximum Gasteiger partial charge on any atom is 0.372 e. The standard InChI is InChI=1S/C15H11ClN6O3S/c16-10-3-1-9(2-4-10)12-18-11(25-20-12)5-6-17-13-14(22(23)24)21-7-8-26-15(21)19-13/h1-4,7-8,17H,5-6H2. The third-order valence-corrected chi connectivity index (χ3v) is 4.62. The lowest BCUT2D eigenvalue weighted by Crippen LogP contribution is -2.07. The molecule has 0 bridgehead atoms. The number of fused-ring (bicyclic) bond motifs is 1. The largest absolute Gasteiger partial charge is 0.372 e. The first-order valence-electron chi connectivity index (χ1n) is 7.54. The zero-order valence-electron chi connectivity index (χ0n) is 13.1. The quantitative estimate of drug-likeness (QED) is 0.395. The van der Waals surface area contributed by atoms with Gasteiger partial charge < -0.3 is 20.0 Å². The molecule has 132 valence electrons. The Labute approximate surface area is 155 Å². The van der Waals surface area contributed by atoms with Gasteiger partial charge in [0.05, 0.1) is 0 Å². The van der Waals surface area contributed by atoms with Crippen LogP contribution in [0.5, 0.6) is 0 Å². The van der Waals surface area contributed by atoms with Crippen LogP contribution in [-0.4, -0.2) is 31.0 Å². The van der Waals surface area contributed by atoms with Gasteiger partial charge in [-0.1, -0.05) is 28.1 Å². The smallest absolute Gasteiger partial charge is 0.362 e. The number of hydrogen-bond acceptors (Lipinski definition) is 8. The van der Waals surface area contributed by atoms with E-state index in [4.69, 9.17) is 16.1 Å². The van der Waals surface area contributed by atoms with Crippen LogP contribution in [0.1, 0.15) is 5.89 Å². The fourth-order valence-electron chi connectivity index (χ4n) is 2.43. The first-order valence-corrected chi connectivity index (χ1v) is 8.80. The van der Waals surface area contributed by atoms with Crippen LogP contribution in [0.25, 0.3) is 16.3 Å². The fraction of sp³-hybridized carbons (Fsp3) is 0.133. The minimum absolute atomic E-state index is 0.0892. The highest BCUT2D eigenvalue weighted by molar-refractivity contribution is 7.15. The van der Waals surface area contributed by atoms with E-state index >= 15 is 0 Å². The maximum absolute atomic E-state index is 11.3. The van der Waals surface area contributed by atoms with E-state index in [-0.39, 0.29) is 11.6 Å². The van der Waals surface area contributed by atoms with Gasteiger partial charge >= 0.3 is 5.82 Å². The van der Waals surface area contributed by atoms with Gasteiger partial charge in [-0.25, -0.2) is 0 Å². The Balaban J connectivity index is 1.44.